The smallest absolute Gasteiger partial charge is 0.326 e. The van der Waals surface area contributed by atoms with Crippen LogP contribution in [0, 0.1) is 0 Å². The number of carbonyl (C=O) groups is 4. The minimum atomic E-state index is -1.21. The molecule has 186 valence electrons. The standard InChI is InChI=1S/C22H31N5O6S/c1-12(25-21(31)17(7-8-34-2)26-20(30)15(23)11-28)19(29)27-18(22(32)33)9-13-10-24-16-6-4-3-5-14(13)16/h3-6,10,12,15,17-18,24,28H,7-9,11,23H2,1-2H3,(H,25,31)(H,26,30)(H,27,29)(H,32,33)/t12-,15-,17-,18-/m0/s1. The van der Waals surface area contributed by atoms with Crippen LogP contribution in [-0.2, 0) is 25.6 Å². The largest absolute Gasteiger partial charge is 0.480 e. The van der Waals surface area contributed by atoms with Crippen molar-refractivity contribution in [2.75, 3.05) is 18.6 Å². The van der Waals surface area contributed by atoms with Crippen LogP contribution in [0.15, 0.2) is 30.5 Å². The predicted octanol–water partition coefficient (Wildman–Crippen LogP) is -0.658. The summed E-state index contributed by atoms with van der Waals surface area (Å²) in [4.78, 5) is 52.2. The minimum absolute atomic E-state index is 0.0528. The van der Waals surface area contributed by atoms with Gasteiger partial charge in [0.05, 0.1) is 6.61 Å². The number of H-pyrrole nitrogens is 1. The van der Waals surface area contributed by atoms with Crippen molar-refractivity contribution in [3.63, 3.8) is 0 Å². The van der Waals surface area contributed by atoms with Crippen molar-refractivity contribution in [3.05, 3.63) is 36.0 Å². The van der Waals surface area contributed by atoms with Gasteiger partial charge in [-0.05, 0) is 37.0 Å². The van der Waals surface area contributed by atoms with Gasteiger partial charge in [0, 0.05) is 23.5 Å². The molecule has 2 rings (SSSR count). The third-order valence-corrected chi connectivity index (χ3v) is 5.89. The molecule has 0 spiro atoms. The average molecular weight is 494 g/mol. The molecular formula is C22H31N5O6S. The van der Waals surface area contributed by atoms with Crippen LogP contribution < -0.4 is 21.7 Å². The summed E-state index contributed by atoms with van der Waals surface area (Å²) in [5.41, 5.74) is 7.09. The Bertz CT molecular complexity index is 1010. The molecule has 0 unspecified atom stereocenters. The Morgan fingerprint density at radius 1 is 1.06 bits per heavy atom. The molecule has 0 bridgehead atoms. The number of aromatic nitrogens is 1. The molecule has 2 aromatic rings. The highest BCUT2D eigenvalue weighted by Gasteiger charge is 2.28. The van der Waals surface area contributed by atoms with E-state index < -0.39 is 54.5 Å². The molecule has 1 heterocycles. The monoisotopic (exact) mass is 493 g/mol. The molecule has 0 aliphatic heterocycles. The molecule has 0 fully saturated rings. The molecule has 0 saturated heterocycles. The number of carboxylic acids is 1. The van der Waals surface area contributed by atoms with Gasteiger partial charge >= 0.3 is 5.97 Å². The summed E-state index contributed by atoms with van der Waals surface area (Å²) in [6, 6.07) is 3.01. The summed E-state index contributed by atoms with van der Waals surface area (Å²) in [5.74, 6) is -2.63. The van der Waals surface area contributed by atoms with E-state index in [4.69, 9.17) is 10.8 Å². The Kier molecular flexibility index (Phi) is 10.4. The highest BCUT2D eigenvalue weighted by Crippen LogP contribution is 2.19. The van der Waals surface area contributed by atoms with Gasteiger partial charge in [0.2, 0.25) is 17.7 Å². The summed E-state index contributed by atoms with van der Waals surface area (Å²) in [6.07, 6.45) is 3.88. The van der Waals surface area contributed by atoms with E-state index >= 15 is 0 Å². The molecule has 0 saturated carbocycles. The van der Waals surface area contributed by atoms with Gasteiger partial charge in [0.15, 0.2) is 0 Å². The number of aliphatic hydroxyl groups is 1. The molecule has 0 aliphatic rings. The van der Waals surface area contributed by atoms with Crippen molar-refractivity contribution in [2.45, 2.75) is 43.9 Å². The number of benzene rings is 1. The van der Waals surface area contributed by atoms with Crippen molar-refractivity contribution in [3.8, 4) is 0 Å². The lowest BCUT2D eigenvalue weighted by atomic mass is 10.0. The van der Waals surface area contributed by atoms with Crippen LogP contribution in [0.4, 0.5) is 0 Å². The Morgan fingerprint density at radius 2 is 1.74 bits per heavy atom. The molecule has 34 heavy (non-hydrogen) atoms. The molecule has 1 aromatic carbocycles. The number of carboxylic acid groups (broad SMARTS) is 1. The number of rotatable bonds is 13. The quantitative estimate of drug-likeness (QED) is 0.192. The van der Waals surface area contributed by atoms with Crippen molar-refractivity contribution in [1.29, 1.82) is 0 Å². The first-order valence-corrected chi connectivity index (χ1v) is 12.1. The number of fused-ring (bicyclic) bond motifs is 1. The number of hydrogen-bond donors (Lipinski definition) is 7. The third kappa shape index (κ3) is 7.47. The number of aromatic amines is 1. The highest BCUT2D eigenvalue weighted by molar-refractivity contribution is 7.98. The summed E-state index contributed by atoms with van der Waals surface area (Å²) < 4.78 is 0. The number of aliphatic carboxylic acids is 1. The second-order valence-corrected chi connectivity index (χ2v) is 8.81. The number of thioether (sulfide) groups is 1. The van der Waals surface area contributed by atoms with Crippen LogP contribution in [-0.4, -0.2) is 81.7 Å². The SMILES string of the molecule is CSCC[C@H](NC(=O)[C@@H](N)CO)C(=O)N[C@@H](C)C(=O)N[C@@H](Cc1c[nH]c2ccccc12)C(=O)O. The highest BCUT2D eigenvalue weighted by atomic mass is 32.2. The maximum atomic E-state index is 12.7. The number of nitrogens with two attached hydrogens (primary N) is 1. The summed E-state index contributed by atoms with van der Waals surface area (Å²) in [7, 11) is 0. The van der Waals surface area contributed by atoms with E-state index in [1.54, 1.807) is 6.20 Å². The number of hydrogen-bond acceptors (Lipinski definition) is 7. The molecule has 8 N–H and O–H groups in total. The zero-order valence-corrected chi connectivity index (χ0v) is 19.9. The average Bonchev–Trinajstić information content (AvgIpc) is 3.23. The molecule has 11 nitrogen and oxygen atoms in total. The van der Waals surface area contributed by atoms with Gasteiger partial charge < -0.3 is 36.9 Å². The van der Waals surface area contributed by atoms with Gasteiger partial charge in [-0.25, -0.2) is 4.79 Å². The zero-order chi connectivity index (χ0) is 25.3. The van der Waals surface area contributed by atoms with Gasteiger partial charge in [-0.15, -0.1) is 0 Å². The topological polar surface area (TPSA) is 187 Å². The van der Waals surface area contributed by atoms with E-state index in [9.17, 15) is 24.3 Å². The first kappa shape index (κ1) is 27.2. The lowest BCUT2D eigenvalue weighted by Gasteiger charge is -2.23. The Labute approximate surface area is 201 Å². The number of amides is 3. The van der Waals surface area contributed by atoms with Crippen LogP contribution in [0.3, 0.4) is 0 Å². The first-order valence-electron chi connectivity index (χ1n) is 10.7. The van der Waals surface area contributed by atoms with E-state index in [-0.39, 0.29) is 12.8 Å². The van der Waals surface area contributed by atoms with Crippen molar-refractivity contribution >= 4 is 46.4 Å². The van der Waals surface area contributed by atoms with Crippen LogP contribution in [0.2, 0.25) is 0 Å². The fourth-order valence-electron chi connectivity index (χ4n) is 3.26. The maximum absolute atomic E-state index is 12.7. The van der Waals surface area contributed by atoms with Gasteiger partial charge in [-0.3, -0.25) is 14.4 Å². The predicted molar refractivity (Wildman–Crippen MR) is 129 cm³/mol. The second-order valence-electron chi connectivity index (χ2n) is 7.83. The van der Waals surface area contributed by atoms with Crippen LogP contribution in [0.25, 0.3) is 10.9 Å². The Morgan fingerprint density at radius 3 is 2.38 bits per heavy atom. The minimum Gasteiger partial charge on any atom is -0.480 e. The molecule has 0 aliphatic carbocycles. The molecule has 4 atom stereocenters. The number of para-hydroxylation sites is 1. The lowest BCUT2D eigenvalue weighted by molar-refractivity contribution is -0.142. The van der Waals surface area contributed by atoms with Crippen molar-refractivity contribution in [2.24, 2.45) is 5.73 Å². The lowest BCUT2D eigenvalue weighted by Crippen LogP contribution is -2.57. The van der Waals surface area contributed by atoms with Crippen molar-refractivity contribution in [1.82, 2.24) is 20.9 Å². The normalized spacial score (nSPS) is 14.6. The summed E-state index contributed by atoms with van der Waals surface area (Å²) in [5, 5.41) is 27.0. The summed E-state index contributed by atoms with van der Waals surface area (Å²) in [6.45, 7) is 0.846. The Hall–Kier alpha value is -3.09. The van der Waals surface area contributed by atoms with Crippen LogP contribution in [0.5, 0.6) is 0 Å². The van der Waals surface area contributed by atoms with E-state index in [1.165, 1.54) is 18.7 Å². The third-order valence-electron chi connectivity index (χ3n) is 5.24. The van der Waals surface area contributed by atoms with E-state index in [2.05, 4.69) is 20.9 Å². The van der Waals surface area contributed by atoms with Crippen molar-refractivity contribution < 1.29 is 29.4 Å². The number of carbonyl (C=O) groups excluding carboxylic acids is 3. The van der Waals surface area contributed by atoms with Crippen LogP contribution >= 0.6 is 11.8 Å². The van der Waals surface area contributed by atoms with Gasteiger partial charge in [0.1, 0.15) is 24.2 Å². The van der Waals surface area contributed by atoms with E-state index in [0.717, 1.165) is 16.5 Å². The Balaban J connectivity index is 2.02. The van der Waals surface area contributed by atoms with Gasteiger partial charge in [-0.1, -0.05) is 18.2 Å². The van der Waals surface area contributed by atoms with Crippen LogP contribution in [0.1, 0.15) is 18.9 Å². The second kappa shape index (κ2) is 13.0. The number of aliphatic hydroxyl groups excluding tert-OH is 1. The van der Waals surface area contributed by atoms with Gasteiger partial charge in [-0.2, -0.15) is 11.8 Å². The zero-order valence-electron chi connectivity index (χ0n) is 19.0. The molecule has 0 radical (unpaired) electrons. The van der Waals surface area contributed by atoms with E-state index in [1.807, 2.05) is 30.5 Å². The first-order chi connectivity index (χ1) is 16.2. The molecule has 12 heteroatoms. The molecular weight excluding hydrogens is 462 g/mol. The van der Waals surface area contributed by atoms with Gasteiger partial charge in [0.25, 0.3) is 0 Å². The molecule has 1 aromatic heterocycles. The summed E-state index contributed by atoms with van der Waals surface area (Å²) >= 11 is 1.47. The fraction of sp³-hybridized carbons (Fsp3) is 0.455. The fourth-order valence-corrected chi connectivity index (χ4v) is 3.73. The van der Waals surface area contributed by atoms with E-state index in [0.29, 0.717) is 5.75 Å². The molecule has 3 amide bonds. The maximum Gasteiger partial charge on any atom is 0.326 e. The number of nitrogens with one attached hydrogen (secondary N) is 4.